The van der Waals surface area contributed by atoms with E-state index in [0.717, 1.165) is 16.7 Å². The Morgan fingerprint density at radius 1 is 0.940 bits per heavy atom. The SMILES string of the molecule is COc1ccc(C(OC[C@H]2O[C@@H](n3cnc4c(N=CN(C)C)ncnc43)[C@@H](OCCC#N)C2O)(c2ccccc2)c2ccc(OC)cc2)cc1. The van der Waals surface area contributed by atoms with E-state index in [2.05, 4.69) is 26.0 Å². The number of imidazole rings is 1. The minimum absolute atomic E-state index is 0.0390. The average Bonchev–Trinajstić information content (AvgIpc) is 3.72. The first-order valence-corrected chi connectivity index (χ1v) is 16.1. The van der Waals surface area contributed by atoms with E-state index in [0.29, 0.717) is 28.5 Å². The standard InChI is InChI=1S/C37H39N7O6/c1-43(2)23-42-34-31-35(40-22-39-34)44(24-41-31)36-33(48-20-8-19-38)32(45)30(50-36)21-49-37(25-9-6-5-7-10-25,26-11-15-28(46-3)16-12-26)27-13-17-29(47-4)18-14-27/h5-7,9-18,22-24,30,32-33,36,45H,8,20-21H2,1-4H3/t30-,32?,33+,36-/m1/s1. The van der Waals surface area contributed by atoms with Gasteiger partial charge in [-0.25, -0.2) is 19.9 Å². The molecule has 1 aliphatic rings. The van der Waals surface area contributed by atoms with Crippen molar-refractivity contribution in [3.8, 4) is 17.6 Å². The Kier molecular flexibility index (Phi) is 10.6. The molecule has 258 valence electrons. The number of aliphatic imine (C=N–C) groups is 1. The van der Waals surface area contributed by atoms with Crippen LogP contribution in [0.3, 0.4) is 0 Å². The Morgan fingerprint density at radius 3 is 2.18 bits per heavy atom. The molecule has 4 atom stereocenters. The predicted octanol–water partition coefficient (Wildman–Crippen LogP) is 4.63. The molecule has 13 nitrogen and oxygen atoms in total. The number of nitriles is 1. The highest BCUT2D eigenvalue weighted by Crippen LogP contribution is 2.43. The summed E-state index contributed by atoms with van der Waals surface area (Å²) in [7, 11) is 6.96. The maximum atomic E-state index is 11.8. The fraction of sp³-hybridized carbons (Fsp3) is 0.324. The van der Waals surface area contributed by atoms with Crippen LogP contribution >= 0.6 is 0 Å². The summed E-state index contributed by atoms with van der Waals surface area (Å²) < 4.78 is 32.4. The highest BCUT2D eigenvalue weighted by atomic mass is 16.6. The van der Waals surface area contributed by atoms with Crippen LogP contribution in [0.2, 0.25) is 0 Å². The molecule has 6 rings (SSSR count). The van der Waals surface area contributed by atoms with Crippen molar-refractivity contribution in [3.05, 3.63) is 108 Å². The lowest BCUT2D eigenvalue weighted by atomic mass is 9.80. The zero-order valence-corrected chi connectivity index (χ0v) is 28.3. The molecular weight excluding hydrogens is 638 g/mol. The molecule has 1 aliphatic heterocycles. The summed E-state index contributed by atoms with van der Waals surface area (Å²) in [5, 5.41) is 21.0. The topological polar surface area (TPSA) is 149 Å². The van der Waals surface area contributed by atoms with Crippen LogP contribution in [-0.2, 0) is 19.8 Å². The van der Waals surface area contributed by atoms with E-state index in [1.54, 1.807) is 36.4 Å². The number of rotatable bonds is 14. The molecule has 0 radical (unpaired) electrons. The molecule has 2 aromatic heterocycles. The first-order valence-electron chi connectivity index (χ1n) is 16.1. The maximum absolute atomic E-state index is 11.8. The summed E-state index contributed by atoms with van der Waals surface area (Å²) in [5.41, 5.74) is 2.32. The lowest BCUT2D eigenvalue weighted by Gasteiger charge is -2.37. The molecule has 3 aromatic carbocycles. The molecule has 0 amide bonds. The van der Waals surface area contributed by atoms with E-state index in [1.165, 1.54) is 6.33 Å². The first-order chi connectivity index (χ1) is 24.4. The van der Waals surface area contributed by atoms with Gasteiger partial charge in [0.1, 0.15) is 41.7 Å². The Morgan fingerprint density at radius 2 is 1.58 bits per heavy atom. The molecule has 0 spiro atoms. The van der Waals surface area contributed by atoms with E-state index in [9.17, 15) is 10.4 Å². The Bertz CT molecular complexity index is 1880. The fourth-order valence-corrected chi connectivity index (χ4v) is 6.07. The van der Waals surface area contributed by atoms with Crippen LogP contribution in [-0.4, -0.2) is 95.7 Å². The van der Waals surface area contributed by atoms with Crippen molar-refractivity contribution in [2.75, 3.05) is 41.5 Å². The summed E-state index contributed by atoms with van der Waals surface area (Å²) in [6, 6.07) is 27.4. The van der Waals surface area contributed by atoms with Crippen molar-refractivity contribution < 1.29 is 28.8 Å². The molecule has 3 heterocycles. The number of hydrogen-bond donors (Lipinski definition) is 1. The number of methoxy groups -OCH3 is 2. The van der Waals surface area contributed by atoms with Crippen LogP contribution in [0.15, 0.2) is 96.5 Å². The van der Waals surface area contributed by atoms with E-state index in [4.69, 9.17) is 23.7 Å². The normalized spacial score (nSPS) is 19.1. The number of nitrogens with zero attached hydrogens (tertiary/aromatic N) is 7. The van der Waals surface area contributed by atoms with Crippen molar-refractivity contribution in [2.24, 2.45) is 4.99 Å². The molecule has 1 saturated heterocycles. The molecule has 1 N–H and O–H groups in total. The first kappa shape index (κ1) is 34.5. The lowest BCUT2D eigenvalue weighted by Crippen LogP contribution is -2.40. The second kappa shape index (κ2) is 15.4. The van der Waals surface area contributed by atoms with Gasteiger partial charge in [0.25, 0.3) is 0 Å². The predicted molar refractivity (Wildman–Crippen MR) is 185 cm³/mol. The fourth-order valence-electron chi connectivity index (χ4n) is 6.07. The summed E-state index contributed by atoms with van der Waals surface area (Å²) in [4.78, 5) is 19.5. The smallest absolute Gasteiger partial charge is 0.184 e. The molecule has 5 aromatic rings. The van der Waals surface area contributed by atoms with Gasteiger partial charge in [-0.2, -0.15) is 5.26 Å². The number of fused-ring (bicyclic) bond motifs is 1. The van der Waals surface area contributed by atoms with Gasteiger partial charge in [0.2, 0.25) is 0 Å². The minimum Gasteiger partial charge on any atom is -0.497 e. The monoisotopic (exact) mass is 677 g/mol. The number of aliphatic hydroxyl groups is 1. The van der Waals surface area contributed by atoms with Gasteiger partial charge in [-0.1, -0.05) is 54.6 Å². The highest BCUT2D eigenvalue weighted by molar-refractivity contribution is 5.83. The third-order valence-electron chi connectivity index (χ3n) is 8.50. The van der Waals surface area contributed by atoms with Crippen LogP contribution in [0.4, 0.5) is 5.82 Å². The van der Waals surface area contributed by atoms with Gasteiger partial charge < -0.3 is 33.7 Å². The molecule has 1 fully saturated rings. The minimum atomic E-state index is -1.13. The maximum Gasteiger partial charge on any atom is 0.184 e. The van der Waals surface area contributed by atoms with Crippen molar-refractivity contribution in [1.82, 2.24) is 24.4 Å². The zero-order valence-electron chi connectivity index (χ0n) is 28.3. The number of benzene rings is 3. The van der Waals surface area contributed by atoms with Crippen LogP contribution in [0.25, 0.3) is 11.2 Å². The van der Waals surface area contributed by atoms with E-state index in [1.807, 2.05) is 93.0 Å². The molecule has 0 bridgehead atoms. The molecule has 50 heavy (non-hydrogen) atoms. The number of aromatic nitrogens is 4. The third kappa shape index (κ3) is 6.87. The quantitative estimate of drug-likeness (QED) is 0.0759. The van der Waals surface area contributed by atoms with Crippen LogP contribution in [0, 0.1) is 11.3 Å². The van der Waals surface area contributed by atoms with Crippen molar-refractivity contribution in [3.63, 3.8) is 0 Å². The van der Waals surface area contributed by atoms with Crippen molar-refractivity contribution >= 4 is 23.3 Å². The molecule has 0 aliphatic carbocycles. The van der Waals surface area contributed by atoms with Crippen LogP contribution < -0.4 is 9.47 Å². The Labute approximate surface area is 290 Å². The van der Waals surface area contributed by atoms with Gasteiger partial charge in [0.15, 0.2) is 23.2 Å². The Hall–Kier alpha value is -5.39. The highest BCUT2D eigenvalue weighted by Gasteiger charge is 2.48. The van der Waals surface area contributed by atoms with Gasteiger partial charge in [0, 0.05) is 14.1 Å². The molecule has 13 heteroatoms. The largest absolute Gasteiger partial charge is 0.497 e. The van der Waals surface area contributed by atoms with Crippen molar-refractivity contribution in [2.45, 2.75) is 36.6 Å². The average molecular weight is 678 g/mol. The Balaban J connectivity index is 1.39. The second-order valence-electron chi connectivity index (χ2n) is 11.8. The van der Waals surface area contributed by atoms with Gasteiger partial charge in [-0.15, -0.1) is 0 Å². The second-order valence-corrected chi connectivity index (χ2v) is 11.8. The van der Waals surface area contributed by atoms with Gasteiger partial charge >= 0.3 is 0 Å². The van der Waals surface area contributed by atoms with Crippen LogP contribution in [0.1, 0.15) is 29.3 Å². The van der Waals surface area contributed by atoms with Gasteiger partial charge in [0.05, 0.1) is 52.6 Å². The molecule has 0 saturated carbocycles. The van der Waals surface area contributed by atoms with E-state index < -0.39 is 30.1 Å². The molecule has 1 unspecified atom stereocenters. The van der Waals surface area contributed by atoms with Gasteiger partial charge in [-0.3, -0.25) is 4.57 Å². The summed E-state index contributed by atoms with van der Waals surface area (Å²) >= 11 is 0. The summed E-state index contributed by atoms with van der Waals surface area (Å²) in [6.07, 6.45) is 1.03. The zero-order chi connectivity index (χ0) is 35.1. The number of hydrogen-bond acceptors (Lipinski definition) is 11. The lowest BCUT2D eigenvalue weighted by molar-refractivity contribution is -0.0959. The molecular formula is C37H39N7O6. The number of ether oxygens (including phenoxy) is 5. The van der Waals surface area contributed by atoms with Crippen molar-refractivity contribution in [1.29, 1.82) is 5.26 Å². The van der Waals surface area contributed by atoms with E-state index >= 15 is 0 Å². The summed E-state index contributed by atoms with van der Waals surface area (Å²) in [6.45, 7) is 0.0556. The summed E-state index contributed by atoms with van der Waals surface area (Å²) in [5.74, 6) is 1.79. The van der Waals surface area contributed by atoms with Crippen LogP contribution in [0.5, 0.6) is 11.5 Å². The third-order valence-corrected chi connectivity index (χ3v) is 8.50. The number of aliphatic hydroxyl groups excluding tert-OH is 1. The van der Waals surface area contributed by atoms with E-state index in [-0.39, 0.29) is 19.6 Å². The van der Waals surface area contributed by atoms with Gasteiger partial charge in [-0.05, 0) is 41.0 Å².